The molecule has 2 heterocycles. The molecule has 0 saturated carbocycles. The lowest BCUT2D eigenvalue weighted by Gasteiger charge is -2.41. The molecule has 4 nitrogen and oxygen atoms in total. The monoisotopic (exact) mass is 241 g/mol. The zero-order valence-corrected chi connectivity index (χ0v) is 10.8. The van der Waals surface area contributed by atoms with Crippen molar-refractivity contribution in [3.8, 4) is 0 Å². The number of likely N-dealkylation sites (tertiary alicyclic amines) is 1. The Labute approximate surface area is 103 Å². The van der Waals surface area contributed by atoms with Crippen LogP contribution in [-0.4, -0.2) is 47.8 Å². The molecule has 0 radical (unpaired) electrons. The molecule has 2 aliphatic heterocycles. The van der Waals surface area contributed by atoms with E-state index in [1.165, 1.54) is 0 Å². The zero-order valence-electron chi connectivity index (χ0n) is 10.8. The third-order valence-electron chi connectivity index (χ3n) is 4.69. The van der Waals surface area contributed by atoms with Gasteiger partial charge < -0.3 is 9.84 Å². The van der Waals surface area contributed by atoms with Gasteiger partial charge in [-0.1, -0.05) is 6.92 Å². The van der Waals surface area contributed by atoms with Crippen LogP contribution < -0.4 is 0 Å². The molecular formula is C13H23NO3. The molecule has 0 aromatic heterocycles. The lowest BCUT2D eigenvalue weighted by molar-refractivity contribution is -0.152. The molecule has 0 aliphatic carbocycles. The number of nitrogens with zero attached hydrogens (tertiary/aromatic N) is 1. The second-order valence-corrected chi connectivity index (χ2v) is 5.41. The lowest BCUT2D eigenvalue weighted by Crippen LogP contribution is -2.49. The molecule has 17 heavy (non-hydrogen) atoms. The summed E-state index contributed by atoms with van der Waals surface area (Å²) in [6.07, 6.45) is 3.69. The minimum Gasteiger partial charge on any atom is -0.481 e. The molecule has 2 fully saturated rings. The van der Waals surface area contributed by atoms with Crippen LogP contribution in [0.1, 0.15) is 39.5 Å². The smallest absolute Gasteiger partial charge is 0.309 e. The third kappa shape index (κ3) is 2.33. The molecule has 2 rings (SSSR count). The number of carboxylic acids is 1. The molecule has 0 aromatic rings. The van der Waals surface area contributed by atoms with Crippen LogP contribution in [0.2, 0.25) is 0 Å². The van der Waals surface area contributed by atoms with Crippen LogP contribution in [-0.2, 0) is 9.53 Å². The van der Waals surface area contributed by atoms with Gasteiger partial charge in [-0.3, -0.25) is 9.69 Å². The van der Waals surface area contributed by atoms with Crippen molar-refractivity contribution in [2.45, 2.75) is 51.7 Å². The van der Waals surface area contributed by atoms with E-state index in [2.05, 4.69) is 11.8 Å². The summed E-state index contributed by atoms with van der Waals surface area (Å²) < 4.78 is 5.59. The van der Waals surface area contributed by atoms with Crippen LogP contribution >= 0.6 is 0 Å². The molecular weight excluding hydrogens is 218 g/mol. The van der Waals surface area contributed by atoms with Gasteiger partial charge in [0.05, 0.1) is 11.5 Å². The Morgan fingerprint density at radius 3 is 2.53 bits per heavy atom. The normalized spacial score (nSPS) is 33.8. The van der Waals surface area contributed by atoms with E-state index in [1.54, 1.807) is 0 Å². The quantitative estimate of drug-likeness (QED) is 0.817. The van der Waals surface area contributed by atoms with Gasteiger partial charge in [0.2, 0.25) is 0 Å². The highest BCUT2D eigenvalue weighted by atomic mass is 16.5. The van der Waals surface area contributed by atoms with Crippen LogP contribution in [0.15, 0.2) is 0 Å². The molecule has 2 unspecified atom stereocenters. The number of hydrogen-bond donors (Lipinski definition) is 1. The predicted molar refractivity (Wildman–Crippen MR) is 65.0 cm³/mol. The zero-order chi connectivity index (χ0) is 12.5. The molecule has 0 spiro atoms. The first-order chi connectivity index (χ1) is 8.09. The fourth-order valence-corrected chi connectivity index (χ4v) is 3.20. The summed E-state index contributed by atoms with van der Waals surface area (Å²) >= 11 is 0. The number of piperidine rings is 1. The largest absolute Gasteiger partial charge is 0.481 e. The SMILES string of the molecule is CCC1(C(=O)O)CCN(C2CCOC2C)CC1. The molecule has 2 atom stereocenters. The maximum atomic E-state index is 11.4. The molecule has 0 amide bonds. The number of rotatable bonds is 3. The average molecular weight is 241 g/mol. The Kier molecular flexibility index (Phi) is 3.73. The van der Waals surface area contributed by atoms with Crippen LogP contribution in [0.3, 0.4) is 0 Å². The van der Waals surface area contributed by atoms with E-state index in [4.69, 9.17) is 4.74 Å². The van der Waals surface area contributed by atoms with E-state index in [0.717, 1.165) is 45.4 Å². The van der Waals surface area contributed by atoms with Crippen molar-refractivity contribution in [1.29, 1.82) is 0 Å². The standard InChI is InChI=1S/C13H23NO3/c1-3-13(12(15)16)5-7-14(8-6-13)11-4-9-17-10(11)2/h10-11H,3-9H2,1-2H3,(H,15,16). The molecule has 2 saturated heterocycles. The topological polar surface area (TPSA) is 49.8 Å². The summed E-state index contributed by atoms with van der Waals surface area (Å²) in [4.78, 5) is 13.8. The van der Waals surface area contributed by atoms with Crippen molar-refractivity contribution in [1.82, 2.24) is 4.90 Å². The van der Waals surface area contributed by atoms with E-state index in [0.29, 0.717) is 12.1 Å². The van der Waals surface area contributed by atoms with Gasteiger partial charge in [0.1, 0.15) is 0 Å². The minimum absolute atomic E-state index is 0.300. The lowest BCUT2D eigenvalue weighted by atomic mass is 9.76. The van der Waals surface area contributed by atoms with Crippen molar-refractivity contribution >= 4 is 5.97 Å². The molecule has 1 N–H and O–H groups in total. The van der Waals surface area contributed by atoms with Gasteiger partial charge in [-0.2, -0.15) is 0 Å². The van der Waals surface area contributed by atoms with Gasteiger partial charge in [-0.25, -0.2) is 0 Å². The fourth-order valence-electron chi connectivity index (χ4n) is 3.20. The molecule has 0 aromatic carbocycles. The summed E-state index contributed by atoms with van der Waals surface area (Å²) in [5.41, 5.74) is -0.473. The first-order valence-corrected chi connectivity index (χ1v) is 6.68. The molecule has 0 bridgehead atoms. The summed E-state index contributed by atoms with van der Waals surface area (Å²) in [7, 11) is 0. The van der Waals surface area contributed by atoms with Gasteiger partial charge in [0.15, 0.2) is 0 Å². The second kappa shape index (κ2) is 4.94. The maximum Gasteiger partial charge on any atom is 0.309 e. The van der Waals surface area contributed by atoms with E-state index in [-0.39, 0.29) is 0 Å². The Hall–Kier alpha value is -0.610. The Balaban J connectivity index is 1.95. The first-order valence-electron chi connectivity index (χ1n) is 6.68. The summed E-state index contributed by atoms with van der Waals surface area (Å²) in [6.45, 7) is 6.76. The van der Waals surface area contributed by atoms with Crippen LogP contribution in [0.25, 0.3) is 0 Å². The fraction of sp³-hybridized carbons (Fsp3) is 0.923. The number of aliphatic carboxylic acids is 1. The Bertz CT molecular complexity index is 284. The van der Waals surface area contributed by atoms with E-state index in [9.17, 15) is 9.90 Å². The predicted octanol–water partition coefficient (Wildman–Crippen LogP) is 1.74. The van der Waals surface area contributed by atoms with Crippen molar-refractivity contribution in [3.63, 3.8) is 0 Å². The molecule has 4 heteroatoms. The maximum absolute atomic E-state index is 11.4. The van der Waals surface area contributed by atoms with Gasteiger partial charge >= 0.3 is 5.97 Å². The van der Waals surface area contributed by atoms with Crippen molar-refractivity contribution < 1.29 is 14.6 Å². The Morgan fingerprint density at radius 2 is 2.12 bits per heavy atom. The second-order valence-electron chi connectivity index (χ2n) is 5.41. The van der Waals surface area contributed by atoms with E-state index in [1.807, 2.05) is 6.92 Å². The van der Waals surface area contributed by atoms with Crippen LogP contribution in [0.4, 0.5) is 0 Å². The first kappa shape index (κ1) is 12.8. The summed E-state index contributed by atoms with van der Waals surface area (Å²) in [5.74, 6) is -0.615. The van der Waals surface area contributed by atoms with Gasteiger partial charge in [0, 0.05) is 12.6 Å². The highest BCUT2D eigenvalue weighted by Gasteiger charge is 2.42. The average Bonchev–Trinajstić information content (AvgIpc) is 2.75. The summed E-state index contributed by atoms with van der Waals surface area (Å²) in [5, 5.41) is 9.35. The third-order valence-corrected chi connectivity index (χ3v) is 4.69. The summed E-state index contributed by atoms with van der Waals surface area (Å²) in [6, 6.07) is 0.499. The molecule has 2 aliphatic rings. The number of ether oxygens (including phenoxy) is 1. The molecule has 98 valence electrons. The van der Waals surface area contributed by atoms with Gasteiger partial charge in [-0.15, -0.1) is 0 Å². The van der Waals surface area contributed by atoms with Crippen molar-refractivity contribution in [2.24, 2.45) is 5.41 Å². The van der Waals surface area contributed by atoms with Gasteiger partial charge in [-0.05, 0) is 45.7 Å². The highest BCUT2D eigenvalue weighted by molar-refractivity contribution is 5.74. The van der Waals surface area contributed by atoms with E-state index < -0.39 is 11.4 Å². The minimum atomic E-state index is -0.615. The number of carboxylic acid groups (broad SMARTS) is 1. The highest BCUT2D eigenvalue weighted by Crippen LogP contribution is 2.37. The van der Waals surface area contributed by atoms with Crippen LogP contribution in [0.5, 0.6) is 0 Å². The van der Waals surface area contributed by atoms with E-state index >= 15 is 0 Å². The number of hydrogen-bond acceptors (Lipinski definition) is 3. The number of carbonyl (C=O) groups is 1. The van der Waals surface area contributed by atoms with Gasteiger partial charge in [0.25, 0.3) is 0 Å². The van der Waals surface area contributed by atoms with Crippen LogP contribution in [0, 0.1) is 5.41 Å². The van der Waals surface area contributed by atoms with Crippen molar-refractivity contribution in [2.75, 3.05) is 19.7 Å². The van der Waals surface area contributed by atoms with Crippen molar-refractivity contribution in [3.05, 3.63) is 0 Å². The Morgan fingerprint density at radius 1 is 1.47 bits per heavy atom.